The first-order chi connectivity index (χ1) is 12.1. The molecule has 5 nitrogen and oxygen atoms in total. The largest absolute Gasteiger partial charge is 0.508 e. The summed E-state index contributed by atoms with van der Waals surface area (Å²) < 4.78 is 5.70. The summed E-state index contributed by atoms with van der Waals surface area (Å²) in [7, 11) is 0. The van der Waals surface area contributed by atoms with Crippen LogP contribution in [0.15, 0.2) is 35.4 Å². The molecular formula is C21H24O5. The van der Waals surface area contributed by atoms with E-state index in [1.165, 1.54) is 11.6 Å². The number of carbonyl (C=O) groups is 2. The summed E-state index contributed by atoms with van der Waals surface area (Å²) in [5.74, 6) is -1.43. The molecule has 2 atom stereocenters. The van der Waals surface area contributed by atoms with Crippen LogP contribution in [-0.2, 0) is 4.74 Å². The fourth-order valence-corrected chi connectivity index (χ4v) is 3.64. The molecule has 1 fully saturated rings. The number of ether oxygens (including phenoxy) is 1. The zero-order chi connectivity index (χ0) is 19.3. The second-order valence-electron chi connectivity index (χ2n) is 7.58. The monoisotopic (exact) mass is 356 g/mol. The first-order valence-corrected chi connectivity index (χ1v) is 8.77. The third-order valence-electron chi connectivity index (χ3n) is 5.31. The predicted octanol–water partition coefficient (Wildman–Crippen LogP) is 4.09. The lowest BCUT2D eigenvalue weighted by molar-refractivity contribution is 0.0844. The van der Waals surface area contributed by atoms with Crippen molar-refractivity contribution in [2.75, 3.05) is 0 Å². The molecular weight excluding hydrogens is 332 g/mol. The normalized spacial score (nSPS) is 27.0. The van der Waals surface area contributed by atoms with Gasteiger partial charge in [0.1, 0.15) is 11.5 Å². The molecule has 2 aliphatic rings. The molecule has 2 N–H and O–H groups in total. The van der Waals surface area contributed by atoms with Gasteiger partial charge >= 0.3 is 0 Å². The molecule has 138 valence electrons. The van der Waals surface area contributed by atoms with Gasteiger partial charge in [-0.1, -0.05) is 23.3 Å². The van der Waals surface area contributed by atoms with Gasteiger partial charge in [0.2, 0.25) is 5.78 Å². The minimum atomic E-state index is -1.26. The number of fused-ring (bicyclic) bond motifs is 2. The highest BCUT2D eigenvalue weighted by atomic mass is 16.6. The van der Waals surface area contributed by atoms with E-state index in [0.717, 1.165) is 24.5 Å². The van der Waals surface area contributed by atoms with Crippen molar-refractivity contribution in [3.8, 4) is 11.5 Å². The number of rotatable bonds is 5. The standard InChI is InChI=1S/C21H24O5/c1-12(2)6-5-7-13(3)8-9-21-18(24)15-10-14(22)11-16(23)17(15)19(25)20(21,4)26-21/h6,8,10-11,22-23H,5,7,9H2,1-4H3/b13-8+/t20-,21?/m0/s1. The van der Waals surface area contributed by atoms with Crippen LogP contribution in [0.5, 0.6) is 11.5 Å². The van der Waals surface area contributed by atoms with Crippen molar-refractivity contribution in [2.45, 2.75) is 58.2 Å². The van der Waals surface area contributed by atoms with Crippen molar-refractivity contribution in [1.29, 1.82) is 0 Å². The summed E-state index contributed by atoms with van der Waals surface area (Å²) in [6.07, 6.45) is 6.20. The molecule has 1 aliphatic heterocycles. The quantitative estimate of drug-likeness (QED) is 0.613. The third kappa shape index (κ3) is 2.67. The van der Waals surface area contributed by atoms with Crippen molar-refractivity contribution < 1.29 is 24.5 Å². The molecule has 1 aromatic carbocycles. The number of aromatic hydroxyl groups is 2. The lowest BCUT2D eigenvalue weighted by Gasteiger charge is -2.23. The van der Waals surface area contributed by atoms with Gasteiger partial charge in [-0.15, -0.1) is 0 Å². The average molecular weight is 356 g/mol. The number of epoxide rings is 1. The van der Waals surface area contributed by atoms with Crippen LogP contribution in [0.25, 0.3) is 0 Å². The number of benzene rings is 1. The Morgan fingerprint density at radius 1 is 1.12 bits per heavy atom. The highest BCUT2D eigenvalue weighted by Crippen LogP contribution is 2.58. The zero-order valence-electron chi connectivity index (χ0n) is 15.5. The van der Waals surface area contributed by atoms with E-state index in [2.05, 4.69) is 19.9 Å². The van der Waals surface area contributed by atoms with Gasteiger partial charge in [0.15, 0.2) is 17.0 Å². The maximum absolute atomic E-state index is 13.0. The van der Waals surface area contributed by atoms with Gasteiger partial charge < -0.3 is 14.9 Å². The molecule has 3 rings (SSSR count). The molecule has 5 heteroatoms. The Morgan fingerprint density at radius 3 is 2.46 bits per heavy atom. The van der Waals surface area contributed by atoms with Crippen LogP contribution in [0.3, 0.4) is 0 Å². The molecule has 1 aliphatic carbocycles. The van der Waals surface area contributed by atoms with Gasteiger partial charge in [-0.2, -0.15) is 0 Å². The van der Waals surface area contributed by atoms with Gasteiger partial charge in [0, 0.05) is 18.1 Å². The van der Waals surface area contributed by atoms with Gasteiger partial charge in [0.25, 0.3) is 0 Å². The maximum Gasteiger partial charge on any atom is 0.202 e. The molecule has 0 amide bonds. The van der Waals surface area contributed by atoms with Crippen molar-refractivity contribution >= 4 is 11.6 Å². The maximum atomic E-state index is 13.0. The van der Waals surface area contributed by atoms with E-state index >= 15 is 0 Å². The van der Waals surface area contributed by atoms with Crippen LogP contribution < -0.4 is 0 Å². The van der Waals surface area contributed by atoms with Crippen LogP contribution >= 0.6 is 0 Å². The summed E-state index contributed by atoms with van der Waals surface area (Å²) in [5, 5.41) is 19.7. The van der Waals surface area contributed by atoms with Gasteiger partial charge in [0.05, 0.1) is 5.56 Å². The molecule has 0 saturated carbocycles. The lowest BCUT2D eigenvalue weighted by atomic mass is 9.73. The number of phenols is 2. The predicted molar refractivity (Wildman–Crippen MR) is 97.7 cm³/mol. The van der Waals surface area contributed by atoms with Crippen LogP contribution in [0.2, 0.25) is 0 Å². The highest BCUT2D eigenvalue weighted by molar-refractivity contribution is 6.26. The molecule has 1 unspecified atom stereocenters. The van der Waals surface area contributed by atoms with E-state index in [9.17, 15) is 19.8 Å². The van der Waals surface area contributed by atoms with Crippen LogP contribution in [-0.4, -0.2) is 33.0 Å². The number of allylic oxidation sites excluding steroid dienone is 3. The smallest absolute Gasteiger partial charge is 0.202 e. The number of phenolic OH excluding ortho intramolecular Hbond substituents is 2. The van der Waals surface area contributed by atoms with E-state index in [4.69, 9.17) is 4.74 Å². The van der Waals surface area contributed by atoms with Crippen molar-refractivity contribution in [3.63, 3.8) is 0 Å². The first-order valence-electron chi connectivity index (χ1n) is 8.77. The number of hydrogen-bond acceptors (Lipinski definition) is 5. The van der Waals surface area contributed by atoms with Gasteiger partial charge in [-0.3, -0.25) is 9.59 Å². The molecule has 1 heterocycles. The minimum absolute atomic E-state index is 0.0260. The van der Waals surface area contributed by atoms with E-state index in [1.54, 1.807) is 6.92 Å². The average Bonchev–Trinajstić information content (AvgIpc) is 3.18. The fourth-order valence-electron chi connectivity index (χ4n) is 3.64. The molecule has 1 saturated heterocycles. The summed E-state index contributed by atoms with van der Waals surface area (Å²) >= 11 is 0. The number of ketones is 2. The van der Waals surface area contributed by atoms with E-state index in [0.29, 0.717) is 6.42 Å². The topological polar surface area (TPSA) is 87.1 Å². The van der Waals surface area contributed by atoms with E-state index in [-0.39, 0.29) is 22.7 Å². The first kappa shape index (κ1) is 18.4. The Hall–Kier alpha value is -2.40. The van der Waals surface area contributed by atoms with Crippen molar-refractivity contribution in [1.82, 2.24) is 0 Å². The van der Waals surface area contributed by atoms with E-state index < -0.39 is 22.7 Å². The third-order valence-corrected chi connectivity index (χ3v) is 5.31. The van der Waals surface area contributed by atoms with Gasteiger partial charge in [-0.05, 0) is 46.6 Å². The van der Waals surface area contributed by atoms with Gasteiger partial charge in [-0.25, -0.2) is 0 Å². The number of Topliss-reactive ketones (excluding diaryl/α,β-unsaturated/α-hetero) is 2. The molecule has 0 aromatic heterocycles. The van der Waals surface area contributed by atoms with Crippen molar-refractivity contribution in [3.05, 3.63) is 46.6 Å². The Bertz CT molecular complexity index is 859. The second kappa shape index (κ2) is 6.09. The molecule has 0 spiro atoms. The molecule has 0 bridgehead atoms. The number of carbonyl (C=O) groups excluding carboxylic acids is 2. The van der Waals surface area contributed by atoms with E-state index in [1.807, 2.05) is 13.0 Å². The summed E-state index contributed by atoms with van der Waals surface area (Å²) in [4.78, 5) is 25.8. The second-order valence-corrected chi connectivity index (χ2v) is 7.58. The molecule has 26 heavy (non-hydrogen) atoms. The lowest BCUT2D eigenvalue weighted by Crippen LogP contribution is -2.43. The molecule has 0 radical (unpaired) electrons. The minimum Gasteiger partial charge on any atom is -0.508 e. The Labute approximate surface area is 153 Å². The van der Waals surface area contributed by atoms with Crippen LogP contribution in [0, 0.1) is 0 Å². The SMILES string of the molecule is CC(C)=CCC/C(C)=C/CC12O[C@@]1(C)C(=O)c1c(O)cc(O)cc1C2=O. The molecule has 1 aromatic rings. The summed E-state index contributed by atoms with van der Waals surface area (Å²) in [6, 6.07) is 2.29. The fraction of sp³-hybridized carbons (Fsp3) is 0.429. The summed E-state index contributed by atoms with van der Waals surface area (Å²) in [5.41, 5.74) is -0.152. The summed E-state index contributed by atoms with van der Waals surface area (Å²) in [6.45, 7) is 7.69. The van der Waals surface area contributed by atoms with Crippen LogP contribution in [0.4, 0.5) is 0 Å². The highest BCUT2D eigenvalue weighted by Gasteiger charge is 2.77. The Balaban J connectivity index is 1.89. The number of hydrogen-bond donors (Lipinski definition) is 2. The Kier molecular flexibility index (Phi) is 4.31. The van der Waals surface area contributed by atoms with Crippen LogP contribution in [0.1, 0.15) is 67.7 Å². The zero-order valence-corrected chi connectivity index (χ0v) is 15.5. The Morgan fingerprint density at radius 2 is 1.81 bits per heavy atom. The van der Waals surface area contributed by atoms with Crippen molar-refractivity contribution in [2.24, 2.45) is 0 Å².